The molecule has 3 heteroatoms. The summed E-state index contributed by atoms with van der Waals surface area (Å²) in [6.07, 6.45) is 1.61. The van der Waals surface area contributed by atoms with Gasteiger partial charge in [0.15, 0.2) is 5.82 Å². The molecule has 0 spiro atoms. The van der Waals surface area contributed by atoms with Gasteiger partial charge >= 0.3 is 0 Å². The molecule has 0 aliphatic carbocycles. The van der Waals surface area contributed by atoms with Gasteiger partial charge in [-0.1, -0.05) is 29.8 Å². The Morgan fingerprint density at radius 3 is 2.62 bits per heavy atom. The fraction of sp³-hybridized carbons (Fsp3) is 0.154. The van der Waals surface area contributed by atoms with Gasteiger partial charge in [0.1, 0.15) is 0 Å². The zero-order valence-electron chi connectivity index (χ0n) is 9.20. The Balaban J connectivity index is 2.45. The largest absolute Gasteiger partial charge is 0.479 e. The second-order valence-corrected chi connectivity index (χ2v) is 3.58. The molecule has 2 aromatic rings. The maximum atomic E-state index is 13.4. The van der Waals surface area contributed by atoms with Gasteiger partial charge in [0.05, 0.1) is 7.11 Å². The first-order chi connectivity index (χ1) is 7.70. The standard InChI is InChI=1S/C13H12FNO/c1-9-4-3-5-10(6-9)11-7-12(14)13(16-2)15-8-11/h3-8H,1-2H3. The molecule has 2 nitrogen and oxygen atoms in total. The van der Waals surface area contributed by atoms with Gasteiger partial charge in [-0.05, 0) is 18.6 Å². The van der Waals surface area contributed by atoms with E-state index in [2.05, 4.69) is 4.98 Å². The Bertz CT molecular complexity index is 511. The normalized spacial score (nSPS) is 10.2. The van der Waals surface area contributed by atoms with Crippen LogP contribution in [0.2, 0.25) is 0 Å². The van der Waals surface area contributed by atoms with Crippen LogP contribution in [0.3, 0.4) is 0 Å². The maximum Gasteiger partial charge on any atom is 0.250 e. The van der Waals surface area contributed by atoms with Gasteiger partial charge in [-0.3, -0.25) is 0 Å². The topological polar surface area (TPSA) is 22.1 Å². The summed E-state index contributed by atoms with van der Waals surface area (Å²) in [5.74, 6) is -0.419. The number of halogens is 1. The molecule has 0 radical (unpaired) electrons. The number of nitrogens with zero attached hydrogens (tertiary/aromatic N) is 1. The molecular weight excluding hydrogens is 205 g/mol. The van der Waals surface area contributed by atoms with E-state index in [4.69, 9.17) is 4.74 Å². The lowest BCUT2D eigenvalue weighted by Gasteiger charge is -2.05. The van der Waals surface area contributed by atoms with Crippen molar-refractivity contribution in [1.82, 2.24) is 4.98 Å². The van der Waals surface area contributed by atoms with E-state index >= 15 is 0 Å². The van der Waals surface area contributed by atoms with Crippen molar-refractivity contribution in [2.75, 3.05) is 7.11 Å². The first-order valence-corrected chi connectivity index (χ1v) is 4.97. The van der Waals surface area contributed by atoms with Crippen LogP contribution in [-0.2, 0) is 0 Å². The summed E-state index contributed by atoms with van der Waals surface area (Å²) in [5, 5.41) is 0. The monoisotopic (exact) mass is 217 g/mol. The third kappa shape index (κ3) is 2.03. The van der Waals surface area contributed by atoms with E-state index in [1.54, 1.807) is 6.20 Å². The fourth-order valence-electron chi connectivity index (χ4n) is 1.56. The van der Waals surface area contributed by atoms with Crippen molar-refractivity contribution in [2.24, 2.45) is 0 Å². The van der Waals surface area contributed by atoms with Crippen LogP contribution in [0.4, 0.5) is 4.39 Å². The fourth-order valence-corrected chi connectivity index (χ4v) is 1.56. The number of pyridine rings is 1. The second-order valence-electron chi connectivity index (χ2n) is 3.58. The molecule has 82 valence electrons. The molecule has 0 saturated heterocycles. The quantitative estimate of drug-likeness (QED) is 0.770. The first-order valence-electron chi connectivity index (χ1n) is 4.97. The molecule has 16 heavy (non-hydrogen) atoms. The lowest BCUT2D eigenvalue weighted by molar-refractivity contribution is 0.369. The summed E-state index contributed by atoms with van der Waals surface area (Å²) in [5.41, 5.74) is 2.84. The Kier molecular flexibility index (Phi) is 2.86. The van der Waals surface area contributed by atoms with Crippen molar-refractivity contribution in [1.29, 1.82) is 0 Å². The maximum absolute atomic E-state index is 13.4. The molecule has 0 atom stereocenters. The smallest absolute Gasteiger partial charge is 0.250 e. The van der Waals surface area contributed by atoms with Crippen molar-refractivity contribution in [3.8, 4) is 17.0 Å². The summed E-state index contributed by atoms with van der Waals surface area (Å²) in [7, 11) is 1.40. The van der Waals surface area contributed by atoms with Crippen LogP contribution >= 0.6 is 0 Å². The molecule has 0 saturated carbocycles. The average Bonchev–Trinajstić information content (AvgIpc) is 2.29. The number of aromatic nitrogens is 1. The van der Waals surface area contributed by atoms with E-state index in [0.29, 0.717) is 0 Å². The van der Waals surface area contributed by atoms with Gasteiger partial charge in [-0.2, -0.15) is 0 Å². The number of ether oxygens (including phenoxy) is 1. The highest BCUT2D eigenvalue weighted by molar-refractivity contribution is 5.63. The molecule has 1 aromatic carbocycles. The molecule has 0 aliphatic rings. The van der Waals surface area contributed by atoms with Gasteiger partial charge in [0, 0.05) is 11.8 Å². The molecule has 0 amide bonds. The van der Waals surface area contributed by atoms with Crippen LogP contribution < -0.4 is 4.74 Å². The molecule has 0 bridgehead atoms. The van der Waals surface area contributed by atoms with Gasteiger partial charge in [0.25, 0.3) is 0 Å². The van der Waals surface area contributed by atoms with Gasteiger partial charge in [-0.15, -0.1) is 0 Å². The third-order valence-corrected chi connectivity index (χ3v) is 2.35. The molecule has 0 aliphatic heterocycles. The predicted molar refractivity (Wildman–Crippen MR) is 60.9 cm³/mol. The van der Waals surface area contributed by atoms with E-state index in [-0.39, 0.29) is 5.88 Å². The van der Waals surface area contributed by atoms with Gasteiger partial charge in [-0.25, -0.2) is 9.37 Å². The van der Waals surface area contributed by atoms with Crippen molar-refractivity contribution < 1.29 is 9.13 Å². The Morgan fingerprint density at radius 2 is 2.00 bits per heavy atom. The van der Waals surface area contributed by atoms with E-state index < -0.39 is 5.82 Å². The highest BCUT2D eigenvalue weighted by Gasteiger charge is 2.06. The molecular formula is C13H12FNO. The van der Waals surface area contributed by atoms with Crippen molar-refractivity contribution in [3.05, 3.63) is 47.9 Å². The summed E-state index contributed by atoms with van der Waals surface area (Å²) >= 11 is 0. The number of methoxy groups -OCH3 is 1. The molecule has 0 N–H and O–H groups in total. The highest BCUT2D eigenvalue weighted by atomic mass is 19.1. The highest BCUT2D eigenvalue weighted by Crippen LogP contribution is 2.23. The van der Waals surface area contributed by atoms with E-state index in [1.165, 1.54) is 13.2 Å². The van der Waals surface area contributed by atoms with Crippen LogP contribution in [-0.4, -0.2) is 12.1 Å². The zero-order valence-corrected chi connectivity index (χ0v) is 9.20. The third-order valence-electron chi connectivity index (χ3n) is 2.35. The SMILES string of the molecule is COc1ncc(-c2cccc(C)c2)cc1F. The average molecular weight is 217 g/mol. The van der Waals surface area contributed by atoms with Gasteiger partial charge < -0.3 is 4.74 Å². The Hall–Kier alpha value is -1.90. The molecule has 0 unspecified atom stereocenters. The minimum Gasteiger partial charge on any atom is -0.479 e. The number of benzene rings is 1. The van der Waals surface area contributed by atoms with E-state index in [0.717, 1.165) is 16.7 Å². The lowest BCUT2D eigenvalue weighted by Crippen LogP contribution is -1.92. The number of rotatable bonds is 2. The van der Waals surface area contributed by atoms with E-state index in [9.17, 15) is 4.39 Å². The lowest BCUT2D eigenvalue weighted by atomic mass is 10.1. The minimum absolute atomic E-state index is 0.0244. The van der Waals surface area contributed by atoms with Crippen LogP contribution in [0.15, 0.2) is 36.5 Å². The van der Waals surface area contributed by atoms with Gasteiger partial charge in [0.2, 0.25) is 5.88 Å². The molecule has 0 fully saturated rings. The zero-order chi connectivity index (χ0) is 11.5. The summed E-state index contributed by atoms with van der Waals surface area (Å²) in [6.45, 7) is 2.00. The minimum atomic E-state index is -0.443. The van der Waals surface area contributed by atoms with E-state index in [1.807, 2.05) is 31.2 Å². The van der Waals surface area contributed by atoms with Crippen LogP contribution in [0, 0.1) is 12.7 Å². The number of hydrogen-bond donors (Lipinski definition) is 0. The van der Waals surface area contributed by atoms with Crippen molar-refractivity contribution in [2.45, 2.75) is 6.92 Å². The summed E-state index contributed by atoms with van der Waals surface area (Å²) < 4.78 is 18.2. The second kappa shape index (κ2) is 4.31. The number of hydrogen-bond acceptors (Lipinski definition) is 2. The van der Waals surface area contributed by atoms with Crippen LogP contribution in [0.1, 0.15) is 5.56 Å². The van der Waals surface area contributed by atoms with Crippen LogP contribution in [0.5, 0.6) is 5.88 Å². The summed E-state index contributed by atoms with van der Waals surface area (Å²) in [6, 6.07) is 9.28. The molecule has 1 heterocycles. The summed E-state index contributed by atoms with van der Waals surface area (Å²) in [4.78, 5) is 3.91. The Morgan fingerprint density at radius 1 is 1.19 bits per heavy atom. The van der Waals surface area contributed by atoms with Crippen molar-refractivity contribution in [3.63, 3.8) is 0 Å². The molecule has 1 aromatic heterocycles. The number of aryl methyl sites for hydroxylation is 1. The predicted octanol–water partition coefficient (Wildman–Crippen LogP) is 3.20. The molecule has 2 rings (SSSR count). The van der Waals surface area contributed by atoms with Crippen molar-refractivity contribution >= 4 is 0 Å². The Labute approximate surface area is 93.7 Å². The first kappa shape index (κ1) is 10.6. The van der Waals surface area contributed by atoms with Crippen LogP contribution in [0.25, 0.3) is 11.1 Å².